The molecular formula is C89H98N4+4. The molecule has 1 unspecified atom stereocenters. The van der Waals surface area contributed by atoms with Crippen molar-refractivity contribution in [1.29, 1.82) is 0 Å². The van der Waals surface area contributed by atoms with Gasteiger partial charge in [0.15, 0.2) is 24.8 Å². The number of benzene rings is 8. The van der Waals surface area contributed by atoms with Crippen molar-refractivity contribution in [3.63, 3.8) is 0 Å². The number of rotatable bonds is 9. The van der Waals surface area contributed by atoms with Crippen LogP contribution >= 0.6 is 0 Å². The third-order valence-electron chi connectivity index (χ3n) is 17.3. The molecule has 4 heterocycles. The third kappa shape index (κ3) is 16.7. The van der Waals surface area contributed by atoms with Crippen molar-refractivity contribution in [2.24, 2.45) is 28.2 Å². The van der Waals surface area contributed by atoms with E-state index >= 15 is 0 Å². The zero-order chi connectivity index (χ0) is 77.8. The van der Waals surface area contributed by atoms with E-state index in [1.54, 1.807) is 38.1 Å². The second-order valence-corrected chi connectivity index (χ2v) is 25.4. The molecule has 93 heavy (non-hydrogen) atoms. The molecule has 0 amide bonds. The molecule has 0 bridgehead atoms. The molecule has 0 aliphatic carbocycles. The van der Waals surface area contributed by atoms with Crippen LogP contribution in [0.15, 0.2) is 243 Å². The van der Waals surface area contributed by atoms with E-state index in [0.29, 0.717) is 16.7 Å². The van der Waals surface area contributed by atoms with Gasteiger partial charge in [0.25, 0.3) is 0 Å². The van der Waals surface area contributed by atoms with E-state index in [1.165, 1.54) is 62.7 Å². The van der Waals surface area contributed by atoms with E-state index in [1.807, 2.05) is 149 Å². The van der Waals surface area contributed by atoms with Gasteiger partial charge >= 0.3 is 0 Å². The summed E-state index contributed by atoms with van der Waals surface area (Å²) in [6, 6.07) is 73.0. The van der Waals surface area contributed by atoms with Crippen LogP contribution in [0.1, 0.15) is 125 Å². The first-order chi connectivity index (χ1) is 49.5. The van der Waals surface area contributed by atoms with E-state index in [-0.39, 0.29) is 5.56 Å². The van der Waals surface area contributed by atoms with Gasteiger partial charge in [-0.3, -0.25) is 0 Å². The van der Waals surface area contributed by atoms with Crippen molar-refractivity contribution in [1.82, 2.24) is 0 Å². The summed E-state index contributed by atoms with van der Waals surface area (Å²) in [6.07, 6.45) is 8.13. The van der Waals surface area contributed by atoms with Crippen LogP contribution in [0.25, 0.3) is 89.5 Å². The van der Waals surface area contributed by atoms with Crippen LogP contribution in [-0.2, 0) is 33.6 Å². The van der Waals surface area contributed by atoms with Gasteiger partial charge in [0.1, 0.15) is 28.2 Å². The van der Waals surface area contributed by atoms with Gasteiger partial charge in [-0.2, -0.15) is 0 Å². The fourth-order valence-electron chi connectivity index (χ4n) is 12.1. The van der Waals surface area contributed by atoms with Crippen LogP contribution in [0, 0.1) is 69.1 Å². The Morgan fingerprint density at radius 1 is 0.323 bits per heavy atom. The Kier molecular flexibility index (Phi) is 16.6. The van der Waals surface area contributed by atoms with Crippen LogP contribution in [0.2, 0.25) is 0 Å². The second kappa shape index (κ2) is 29.8. The first-order valence-electron chi connectivity index (χ1n) is 38.3. The van der Waals surface area contributed by atoms with Crippen molar-refractivity contribution < 1.29 is 36.1 Å². The monoisotopic (exact) mass is 1240 g/mol. The molecule has 0 aliphatic heterocycles. The lowest BCUT2D eigenvalue weighted by atomic mass is 9.83. The largest absolute Gasteiger partial charge is 0.213 e. The van der Waals surface area contributed by atoms with Crippen LogP contribution in [0.4, 0.5) is 0 Å². The van der Waals surface area contributed by atoms with Crippen LogP contribution in [0.5, 0.6) is 0 Å². The lowest BCUT2D eigenvalue weighted by Gasteiger charge is -2.22. The number of pyridine rings is 4. The predicted octanol–water partition coefficient (Wildman–Crippen LogP) is 20.9. The Morgan fingerprint density at radius 2 is 0.656 bits per heavy atom. The van der Waals surface area contributed by atoms with Crippen LogP contribution in [0.3, 0.4) is 0 Å². The first-order valence-corrected chi connectivity index (χ1v) is 31.8. The molecule has 0 aliphatic rings. The average molecular weight is 1240 g/mol. The molecule has 0 saturated carbocycles. The zero-order valence-corrected chi connectivity index (χ0v) is 56.9. The SMILES string of the molecule is Cc1cc(C)cc(-c2cc[n+](C)c(-c3ccccc3C)c2)c1.[2H]C([2H])([2H])C([2H])(C)c1cc(-c2cc[n+](C)c(-c3ccccc3C)c2)ccc1C.[2H]C([2H])([2H])c1cc(-c2cc[n+](C)c(-c3ccccc3C)c2)ccc1C(C)(C)C([2H])([2H])[2H].[2H]C([2H])([2H])c1cc(C)cc(-c2cc[n+](C)c(-c3ccccc3C)c2)c1. The van der Waals surface area contributed by atoms with Crippen molar-refractivity contribution in [2.75, 3.05) is 0 Å². The predicted molar refractivity (Wildman–Crippen MR) is 394 cm³/mol. The van der Waals surface area contributed by atoms with Crippen LogP contribution in [-0.4, -0.2) is 0 Å². The summed E-state index contributed by atoms with van der Waals surface area (Å²) < 4.78 is 111. The molecule has 0 saturated heterocycles. The Balaban J connectivity index is 0.000000165. The van der Waals surface area contributed by atoms with E-state index in [0.717, 1.165) is 78.3 Å². The minimum atomic E-state index is -2.42. The average Bonchev–Trinajstić information content (AvgIpc) is 0.733. The van der Waals surface area contributed by atoms with Gasteiger partial charge in [0.2, 0.25) is 22.8 Å². The lowest BCUT2D eigenvalue weighted by molar-refractivity contribution is -0.660. The normalized spacial score (nSPS) is 14.3. The third-order valence-corrected chi connectivity index (χ3v) is 17.3. The fourth-order valence-corrected chi connectivity index (χ4v) is 12.1. The van der Waals surface area contributed by atoms with Gasteiger partial charge in [-0.1, -0.05) is 202 Å². The topological polar surface area (TPSA) is 15.5 Å². The molecule has 8 aromatic carbocycles. The summed E-state index contributed by atoms with van der Waals surface area (Å²) in [6.45, 7) is 11.9. The van der Waals surface area contributed by atoms with Crippen molar-refractivity contribution in [3.05, 3.63) is 310 Å². The van der Waals surface area contributed by atoms with Crippen molar-refractivity contribution in [2.45, 2.75) is 115 Å². The van der Waals surface area contributed by atoms with Crippen LogP contribution < -0.4 is 18.3 Å². The standard InChI is InChI=1S/C24H28N.C23H26N.2C21H22N/c1-17-9-7-8-10-21(17)23-16-20(13-14-25(23)6)19-11-12-22(18(2)15-19)24(3,4)5;1-16(2)22-14-19(11-10-18(22)4)20-12-13-24(5)23(15-20)21-9-7-6-8-17(21)3;2*1-15-11-16(2)13-19(12-15)18-9-10-22(4)21(14-18)20-8-6-5-7-17(20)3/h7-16H,1-6H3;6-16H,1-5H3;2*5-14H,1-4H3/q4*+1/i2D3,3D3;1D3,16D;1D3;. The Morgan fingerprint density at radius 3 is 1.01 bits per heavy atom. The molecule has 0 radical (unpaired) electrons. The highest BCUT2D eigenvalue weighted by atomic mass is 14.9. The number of hydrogen-bond donors (Lipinski definition) is 0. The summed E-state index contributed by atoms with van der Waals surface area (Å²) >= 11 is 0. The Hall–Kier alpha value is -9.64. The quantitative estimate of drug-likeness (QED) is 0.128. The highest BCUT2D eigenvalue weighted by molar-refractivity contribution is 5.75. The fraction of sp³-hybridized carbons (Fsp3) is 0.236. The molecule has 12 aromatic rings. The van der Waals surface area contributed by atoms with E-state index in [9.17, 15) is 0 Å². The van der Waals surface area contributed by atoms with Gasteiger partial charge in [0, 0.05) is 88.6 Å². The minimum absolute atomic E-state index is 0.0804. The molecule has 4 nitrogen and oxygen atoms in total. The molecule has 12 rings (SSSR count). The molecule has 0 fully saturated rings. The van der Waals surface area contributed by atoms with Gasteiger partial charge in [-0.15, -0.1) is 0 Å². The summed E-state index contributed by atoms with van der Waals surface area (Å²) in [4.78, 5) is 0. The highest BCUT2D eigenvalue weighted by Crippen LogP contribution is 2.34. The van der Waals surface area contributed by atoms with Gasteiger partial charge in [-0.25, -0.2) is 18.3 Å². The van der Waals surface area contributed by atoms with Gasteiger partial charge in [-0.05, 0) is 194 Å². The van der Waals surface area contributed by atoms with Crippen molar-refractivity contribution in [3.8, 4) is 89.5 Å². The minimum Gasteiger partial charge on any atom is -0.201 e. The maximum absolute atomic E-state index is 8.49. The second-order valence-electron chi connectivity index (χ2n) is 25.4. The highest BCUT2D eigenvalue weighted by Gasteiger charge is 2.21. The Labute approximate surface area is 576 Å². The van der Waals surface area contributed by atoms with Gasteiger partial charge in [0.05, 0.1) is 0 Å². The maximum atomic E-state index is 8.49. The van der Waals surface area contributed by atoms with E-state index in [2.05, 4.69) is 172 Å². The molecule has 0 N–H and O–H groups in total. The molecular weight excluding hydrogens is 1130 g/mol. The van der Waals surface area contributed by atoms with Gasteiger partial charge < -0.3 is 0 Å². The molecule has 470 valence electrons. The summed E-state index contributed by atoms with van der Waals surface area (Å²) in [5.74, 6) is -1.66. The zero-order valence-electron chi connectivity index (χ0n) is 69.9. The number of hydrogen-bond acceptors (Lipinski definition) is 0. The van der Waals surface area contributed by atoms with E-state index in [4.69, 9.17) is 17.8 Å². The molecule has 1 atom stereocenters. The lowest BCUT2D eigenvalue weighted by Crippen LogP contribution is -2.30. The number of aromatic nitrogens is 4. The first kappa shape index (κ1) is 51.9. The summed E-state index contributed by atoms with van der Waals surface area (Å²) in [5.41, 5.74) is 26.5. The smallest absolute Gasteiger partial charge is 0.201 e. The number of nitrogens with zero attached hydrogens (tertiary/aromatic N) is 4. The Bertz CT molecular complexity index is 5150. The van der Waals surface area contributed by atoms with Crippen molar-refractivity contribution >= 4 is 0 Å². The maximum Gasteiger partial charge on any atom is 0.213 e. The molecule has 0 spiro atoms. The summed E-state index contributed by atoms with van der Waals surface area (Å²) in [5, 5.41) is 0. The summed E-state index contributed by atoms with van der Waals surface area (Å²) in [7, 11) is 8.12. The molecule has 4 aromatic heterocycles. The number of aryl methyl sites for hydroxylation is 14. The molecule has 4 heteroatoms. The van der Waals surface area contributed by atoms with E-state index < -0.39 is 38.7 Å².